The second-order valence-electron chi connectivity index (χ2n) is 9.03. The topological polar surface area (TPSA) is 31.6 Å². The van der Waals surface area contributed by atoms with Crippen LogP contribution in [0.15, 0.2) is 36.5 Å². The van der Waals surface area contributed by atoms with E-state index in [9.17, 15) is 0 Å². The molecule has 33 heavy (non-hydrogen) atoms. The smallest absolute Gasteiger partial charge is 0.220 e. The van der Waals surface area contributed by atoms with Gasteiger partial charge < -0.3 is 26.6 Å². The first-order chi connectivity index (χ1) is 15.6. The summed E-state index contributed by atoms with van der Waals surface area (Å²) in [7, 11) is 7.38. The number of halogens is 1. The number of hydrogen-bond donors (Lipinski definition) is 0. The van der Waals surface area contributed by atoms with E-state index < -0.39 is 0 Å². The van der Waals surface area contributed by atoms with Gasteiger partial charge in [-0.05, 0) is 48.8 Å². The van der Waals surface area contributed by atoms with Crippen molar-refractivity contribution in [3.05, 3.63) is 47.7 Å². The fraction of sp³-hybridized carbons (Fsp3) is 0.393. The molecule has 3 aromatic carbocycles. The first-order valence-electron chi connectivity index (χ1n) is 11.6. The molecule has 0 atom stereocenters. The Labute approximate surface area is 201 Å². The molecule has 1 fully saturated rings. The average Bonchev–Trinajstić information content (AvgIpc) is 2.82. The molecular weight excluding hydrogens is 434 g/mol. The monoisotopic (exact) mass is 465 g/mol. The van der Waals surface area contributed by atoms with Crippen LogP contribution in [0.1, 0.15) is 49.1 Å². The van der Waals surface area contributed by atoms with Crippen molar-refractivity contribution in [2.24, 2.45) is 7.05 Å². The van der Waals surface area contributed by atoms with Gasteiger partial charge in [0.1, 0.15) is 12.8 Å². The fourth-order valence-electron chi connectivity index (χ4n) is 5.80. The number of ether oxygens (including phenoxy) is 3. The Hall–Kier alpha value is -2.72. The molecule has 1 aromatic heterocycles. The number of hydrogen-bond acceptors (Lipinski definition) is 3. The number of methoxy groups -OCH3 is 3. The Morgan fingerprint density at radius 2 is 1.42 bits per heavy atom. The molecule has 1 aliphatic carbocycles. The number of pyridine rings is 1. The van der Waals surface area contributed by atoms with E-state index in [1.807, 2.05) is 0 Å². The van der Waals surface area contributed by atoms with Gasteiger partial charge in [-0.2, -0.15) is 4.57 Å². The number of nitrogens with zero attached hydrogens (tertiary/aromatic N) is 1. The van der Waals surface area contributed by atoms with E-state index in [0.29, 0.717) is 5.92 Å². The molecule has 1 saturated carbocycles. The maximum absolute atomic E-state index is 5.94. The van der Waals surface area contributed by atoms with Crippen molar-refractivity contribution in [1.82, 2.24) is 0 Å². The highest BCUT2D eigenvalue weighted by atomic mass is 35.5. The van der Waals surface area contributed by atoms with Crippen LogP contribution in [0.3, 0.4) is 0 Å². The van der Waals surface area contributed by atoms with Crippen molar-refractivity contribution in [1.29, 1.82) is 0 Å². The second-order valence-corrected chi connectivity index (χ2v) is 9.03. The molecule has 0 amide bonds. The largest absolute Gasteiger partial charge is 1.00 e. The van der Waals surface area contributed by atoms with Gasteiger partial charge in [0.2, 0.25) is 5.52 Å². The van der Waals surface area contributed by atoms with Crippen molar-refractivity contribution in [2.45, 2.75) is 44.9 Å². The minimum atomic E-state index is 0. The van der Waals surface area contributed by atoms with E-state index in [0.717, 1.165) is 28.2 Å². The van der Waals surface area contributed by atoms with E-state index >= 15 is 0 Å². The Morgan fingerprint density at radius 3 is 2.09 bits per heavy atom. The summed E-state index contributed by atoms with van der Waals surface area (Å²) in [5.41, 5.74) is 3.66. The minimum absolute atomic E-state index is 0. The van der Waals surface area contributed by atoms with E-state index in [1.54, 1.807) is 21.3 Å². The highest BCUT2D eigenvalue weighted by Crippen LogP contribution is 2.47. The summed E-state index contributed by atoms with van der Waals surface area (Å²) < 4.78 is 19.8. The predicted octanol–water partition coefficient (Wildman–Crippen LogP) is 3.36. The molecule has 1 aliphatic rings. The van der Waals surface area contributed by atoms with Gasteiger partial charge in [0.25, 0.3) is 0 Å². The summed E-state index contributed by atoms with van der Waals surface area (Å²) >= 11 is 0. The zero-order valence-electron chi connectivity index (χ0n) is 20.1. The molecule has 5 heteroatoms. The van der Waals surface area contributed by atoms with Crippen LogP contribution in [0.2, 0.25) is 0 Å². The molecule has 0 spiro atoms. The molecule has 5 rings (SSSR count). The lowest BCUT2D eigenvalue weighted by molar-refractivity contribution is -0.642. The number of aryl methyl sites for hydroxylation is 2. The van der Waals surface area contributed by atoms with E-state index in [1.165, 1.54) is 64.7 Å². The van der Waals surface area contributed by atoms with Crippen molar-refractivity contribution in [3.63, 3.8) is 0 Å². The SMILES string of the molecule is COc1cc2c(ccc3c4ccc(C)c(OC)c4c[n+](C)c23)c(C2CCCCC2)c1OC.[Cl-]. The maximum atomic E-state index is 5.94. The summed E-state index contributed by atoms with van der Waals surface area (Å²) in [6.07, 6.45) is 8.48. The van der Waals surface area contributed by atoms with Gasteiger partial charge in [0.15, 0.2) is 17.7 Å². The van der Waals surface area contributed by atoms with Crippen LogP contribution in [-0.2, 0) is 7.05 Å². The highest BCUT2D eigenvalue weighted by molar-refractivity contribution is 6.15. The van der Waals surface area contributed by atoms with Crippen LogP contribution in [-0.4, -0.2) is 21.3 Å². The van der Waals surface area contributed by atoms with Crippen LogP contribution in [0.5, 0.6) is 17.2 Å². The summed E-state index contributed by atoms with van der Waals surface area (Å²) in [5.74, 6) is 3.15. The molecule has 0 saturated heterocycles. The van der Waals surface area contributed by atoms with Crippen LogP contribution in [0.25, 0.3) is 32.4 Å². The van der Waals surface area contributed by atoms with Gasteiger partial charge in [-0.3, -0.25) is 0 Å². The van der Waals surface area contributed by atoms with Gasteiger partial charge >= 0.3 is 0 Å². The number of rotatable bonds is 4. The molecule has 0 N–H and O–H groups in total. The molecule has 0 aliphatic heterocycles. The second kappa shape index (κ2) is 9.26. The van der Waals surface area contributed by atoms with E-state index in [-0.39, 0.29) is 12.4 Å². The molecule has 0 bridgehead atoms. The fourth-order valence-corrected chi connectivity index (χ4v) is 5.80. The summed E-state index contributed by atoms with van der Waals surface area (Å²) in [4.78, 5) is 0. The molecule has 1 heterocycles. The summed E-state index contributed by atoms with van der Waals surface area (Å²) in [5, 5.41) is 6.05. The van der Waals surface area contributed by atoms with Crippen molar-refractivity contribution in [3.8, 4) is 17.2 Å². The van der Waals surface area contributed by atoms with E-state index in [2.05, 4.69) is 55.1 Å². The maximum Gasteiger partial charge on any atom is 0.220 e. The first-order valence-corrected chi connectivity index (χ1v) is 11.6. The predicted molar refractivity (Wildman–Crippen MR) is 130 cm³/mol. The zero-order chi connectivity index (χ0) is 22.4. The Morgan fingerprint density at radius 1 is 0.758 bits per heavy atom. The minimum Gasteiger partial charge on any atom is -1.00 e. The van der Waals surface area contributed by atoms with Gasteiger partial charge in [-0.15, -0.1) is 0 Å². The molecule has 0 radical (unpaired) electrons. The highest BCUT2D eigenvalue weighted by Gasteiger charge is 2.27. The molecule has 0 unspecified atom stereocenters. The average molecular weight is 466 g/mol. The van der Waals surface area contributed by atoms with Crippen molar-refractivity contribution >= 4 is 32.4 Å². The Kier molecular flexibility index (Phi) is 6.58. The van der Waals surface area contributed by atoms with Gasteiger partial charge in [0.05, 0.1) is 37.5 Å². The lowest BCUT2D eigenvalue weighted by Gasteiger charge is -2.26. The Balaban J connectivity index is 0.00000259. The van der Waals surface area contributed by atoms with Gasteiger partial charge in [-0.1, -0.05) is 37.5 Å². The van der Waals surface area contributed by atoms with E-state index in [4.69, 9.17) is 14.2 Å². The number of benzene rings is 3. The molecule has 4 aromatic rings. The van der Waals surface area contributed by atoms with Crippen LogP contribution in [0.4, 0.5) is 0 Å². The number of aromatic nitrogens is 1. The van der Waals surface area contributed by atoms with Gasteiger partial charge in [-0.25, -0.2) is 0 Å². The summed E-state index contributed by atoms with van der Waals surface area (Å²) in [6.45, 7) is 2.09. The van der Waals surface area contributed by atoms with Crippen LogP contribution in [0, 0.1) is 6.92 Å². The Bertz CT molecular complexity index is 1340. The molecule has 174 valence electrons. The molecule has 4 nitrogen and oxygen atoms in total. The standard InChI is InChI=1S/C28H32NO3.ClH/c1-17-11-12-19-21-14-13-20-22(26(21)29(2)16-23(19)27(17)31-4)15-24(30-3)28(32-5)25(20)18-9-7-6-8-10-18;/h11-16,18H,6-10H2,1-5H3;1H/q+1;/p-1. The van der Waals surface area contributed by atoms with Crippen LogP contribution < -0.4 is 31.2 Å². The van der Waals surface area contributed by atoms with Crippen molar-refractivity contribution < 1.29 is 31.2 Å². The van der Waals surface area contributed by atoms with Crippen molar-refractivity contribution in [2.75, 3.05) is 21.3 Å². The normalized spacial score (nSPS) is 14.5. The lowest BCUT2D eigenvalue weighted by atomic mass is 9.81. The first kappa shape index (κ1) is 23.4. The third-order valence-corrected chi connectivity index (χ3v) is 7.25. The quantitative estimate of drug-likeness (QED) is 0.342. The number of fused-ring (bicyclic) bond motifs is 5. The third kappa shape index (κ3) is 3.65. The summed E-state index contributed by atoms with van der Waals surface area (Å²) in [6, 6.07) is 11.1. The third-order valence-electron chi connectivity index (χ3n) is 7.25. The van der Waals surface area contributed by atoms with Crippen LogP contribution >= 0.6 is 0 Å². The molecular formula is C28H32ClNO3. The van der Waals surface area contributed by atoms with Gasteiger partial charge in [0, 0.05) is 10.9 Å². The zero-order valence-corrected chi connectivity index (χ0v) is 20.9. The lowest BCUT2D eigenvalue weighted by Crippen LogP contribution is -3.00.